The molecule has 18 heavy (non-hydrogen) atoms. The number of aliphatic hydroxyl groups excluding tert-OH is 1. The number of aryl methyl sites for hydroxylation is 2. The van der Waals surface area contributed by atoms with E-state index in [0.29, 0.717) is 12.6 Å². The van der Waals surface area contributed by atoms with Crippen LogP contribution in [0.25, 0.3) is 0 Å². The first-order valence-electron chi connectivity index (χ1n) is 6.88. The Morgan fingerprint density at radius 3 is 2.50 bits per heavy atom. The summed E-state index contributed by atoms with van der Waals surface area (Å²) < 4.78 is 2.03. The fourth-order valence-electron chi connectivity index (χ4n) is 2.28. The van der Waals surface area contributed by atoms with Crippen LogP contribution in [-0.2, 0) is 19.4 Å². The number of nitrogens with zero attached hydrogens (tertiary/aromatic N) is 2. The first kappa shape index (κ1) is 15.2. The predicted molar refractivity (Wildman–Crippen MR) is 74.7 cm³/mol. The Balaban J connectivity index is 2.89. The Bertz CT molecular complexity index is 373. The number of aliphatic hydroxyl groups is 1. The SMILES string of the molecule is CCc1cc(CC)n(CC(C)(CO)NC(C)C)n1. The van der Waals surface area contributed by atoms with Crippen LogP contribution in [0.3, 0.4) is 0 Å². The minimum atomic E-state index is -0.324. The Kier molecular flexibility index (Phi) is 5.35. The first-order valence-corrected chi connectivity index (χ1v) is 6.88. The smallest absolute Gasteiger partial charge is 0.0628 e. The second-order valence-electron chi connectivity index (χ2n) is 5.51. The minimum absolute atomic E-state index is 0.107. The lowest BCUT2D eigenvalue weighted by Crippen LogP contribution is -2.52. The third-order valence-electron chi connectivity index (χ3n) is 3.12. The molecule has 4 heteroatoms. The number of nitrogens with one attached hydrogen (secondary N) is 1. The fraction of sp³-hybridized carbons (Fsp3) is 0.786. The topological polar surface area (TPSA) is 50.1 Å². The van der Waals surface area contributed by atoms with E-state index in [0.717, 1.165) is 18.5 Å². The molecule has 4 nitrogen and oxygen atoms in total. The summed E-state index contributed by atoms with van der Waals surface area (Å²) in [5.41, 5.74) is 2.03. The van der Waals surface area contributed by atoms with Gasteiger partial charge in [-0.15, -0.1) is 0 Å². The van der Waals surface area contributed by atoms with E-state index in [2.05, 4.69) is 44.2 Å². The van der Waals surface area contributed by atoms with Crippen molar-refractivity contribution in [2.45, 2.75) is 65.6 Å². The van der Waals surface area contributed by atoms with Crippen molar-refractivity contribution in [1.29, 1.82) is 0 Å². The van der Waals surface area contributed by atoms with Gasteiger partial charge in [0, 0.05) is 11.7 Å². The van der Waals surface area contributed by atoms with Gasteiger partial charge in [-0.3, -0.25) is 4.68 Å². The van der Waals surface area contributed by atoms with E-state index in [4.69, 9.17) is 0 Å². The van der Waals surface area contributed by atoms with E-state index in [1.165, 1.54) is 5.69 Å². The van der Waals surface area contributed by atoms with Crippen molar-refractivity contribution in [2.75, 3.05) is 6.61 Å². The van der Waals surface area contributed by atoms with E-state index in [-0.39, 0.29) is 12.1 Å². The molecule has 0 aliphatic rings. The van der Waals surface area contributed by atoms with E-state index >= 15 is 0 Å². The van der Waals surface area contributed by atoms with Crippen molar-refractivity contribution in [3.05, 3.63) is 17.5 Å². The summed E-state index contributed by atoms with van der Waals surface area (Å²) in [7, 11) is 0. The van der Waals surface area contributed by atoms with Crippen LogP contribution in [0.5, 0.6) is 0 Å². The molecule has 104 valence electrons. The molecule has 0 aliphatic carbocycles. The van der Waals surface area contributed by atoms with Crippen LogP contribution in [0.4, 0.5) is 0 Å². The van der Waals surface area contributed by atoms with Gasteiger partial charge in [0.1, 0.15) is 0 Å². The van der Waals surface area contributed by atoms with Crippen LogP contribution in [0, 0.1) is 0 Å². The zero-order chi connectivity index (χ0) is 13.8. The predicted octanol–water partition coefficient (Wildman–Crippen LogP) is 1.76. The molecule has 0 aromatic carbocycles. The lowest BCUT2D eigenvalue weighted by atomic mass is 10.0. The largest absolute Gasteiger partial charge is 0.394 e. The highest BCUT2D eigenvalue weighted by Gasteiger charge is 2.26. The molecule has 1 aromatic heterocycles. The van der Waals surface area contributed by atoms with Gasteiger partial charge in [-0.2, -0.15) is 5.10 Å². The average Bonchev–Trinajstić information content (AvgIpc) is 2.70. The zero-order valence-electron chi connectivity index (χ0n) is 12.3. The molecule has 0 fully saturated rings. The van der Waals surface area contributed by atoms with Gasteiger partial charge in [-0.05, 0) is 25.8 Å². The molecule has 1 atom stereocenters. The van der Waals surface area contributed by atoms with Crippen molar-refractivity contribution in [2.24, 2.45) is 0 Å². The summed E-state index contributed by atoms with van der Waals surface area (Å²) in [5.74, 6) is 0. The van der Waals surface area contributed by atoms with Gasteiger partial charge >= 0.3 is 0 Å². The molecule has 0 bridgehead atoms. The quantitative estimate of drug-likeness (QED) is 0.778. The third kappa shape index (κ3) is 3.82. The molecule has 0 amide bonds. The van der Waals surface area contributed by atoms with Crippen LogP contribution in [-0.4, -0.2) is 33.1 Å². The van der Waals surface area contributed by atoms with E-state index in [1.54, 1.807) is 0 Å². The van der Waals surface area contributed by atoms with Crippen LogP contribution < -0.4 is 5.32 Å². The first-order chi connectivity index (χ1) is 8.44. The maximum Gasteiger partial charge on any atom is 0.0628 e. The average molecular weight is 253 g/mol. The fourth-order valence-corrected chi connectivity index (χ4v) is 2.28. The molecule has 0 saturated carbocycles. The molecular formula is C14H27N3O. The summed E-state index contributed by atoms with van der Waals surface area (Å²) >= 11 is 0. The minimum Gasteiger partial charge on any atom is -0.394 e. The molecule has 1 heterocycles. The van der Waals surface area contributed by atoms with Gasteiger partial charge in [0.25, 0.3) is 0 Å². The summed E-state index contributed by atoms with van der Waals surface area (Å²) in [4.78, 5) is 0. The molecule has 0 radical (unpaired) electrons. The monoisotopic (exact) mass is 253 g/mol. The Labute approximate surface area is 110 Å². The van der Waals surface area contributed by atoms with Gasteiger partial charge in [0.05, 0.1) is 24.4 Å². The molecule has 0 aliphatic heterocycles. The van der Waals surface area contributed by atoms with Gasteiger partial charge in [0.2, 0.25) is 0 Å². The Morgan fingerprint density at radius 2 is 2.06 bits per heavy atom. The van der Waals surface area contributed by atoms with Crippen molar-refractivity contribution in [3.63, 3.8) is 0 Å². The van der Waals surface area contributed by atoms with Crippen LogP contribution in [0.2, 0.25) is 0 Å². The van der Waals surface area contributed by atoms with E-state index in [9.17, 15) is 5.11 Å². The van der Waals surface area contributed by atoms with Gasteiger partial charge in [-0.25, -0.2) is 0 Å². The van der Waals surface area contributed by atoms with E-state index in [1.807, 2.05) is 11.6 Å². The van der Waals surface area contributed by atoms with Crippen molar-refractivity contribution in [3.8, 4) is 0 Å². The highest BCUT2D eigenvalue weighted by Crippen LogP contribution is 2.13. The van der Waals surface area contributed by atoms with Crippen LogP contribution in [0.1, 0.15) is 46.0 Å². The third-order valence-corrected chi connectivity index (χ3v) is 3.12. The summed E-state index contributed by atoms with van der Waals surface area (Å²) in [6.07, 6.45) is 1.92. The van der Waals surface area contributed by atoms with Gasteiger partial charge in [0.15, 0.2) is 0 Å². The summed E-state index contributed by atoms with van der Waals surface area (Å²) in [5, 5.41) is 17.6. The Morgan fingerprint density at radius 1 is 1.39 bits per heavy atom. The highest BCUT2D eigenvalue weighted by molar-refractivity contribution is 5.11. The van der Waals surface area contributed by atoms with Gasteiger partial charge in [-0.1, -0.05) is 27.7 Å². The van der Waals surface area contributed by atoms with Crippen LogP contribution in [0.15, 0.2) is 6.07 Å². The molecule has 0 saturated heterocycles. The Hall–Kier alpha value is -0.870. The van der Waals surface area contributed by atoms with Gasteiger partial charge < -0.3 is 10.4 Å². The van der Waals surface area contributed by atoms with Crippen LogP contribution >= 0.6 is 0 Å². The highest BCUT2D eigenvalue weighted by atomic mass is 16.3. The molecule has 1 rings (SSSR count). The van der Waals surface area contributed by atoms with Crippen molar-refractivity contribution >= 4 is 0 Å². The lowest BCUT2D eigenvalue weighted by molar-refractivity contribution is 0.143. The molecule has 0 spiro atoms. The molecule has 2 N–H and O–H groups in total. The molecule has 1 unspecified atom stereocenters. The summed E-state index contributed by atoms with van der Waals surface area (Å²) in [6, 6.07) is 2.50. The summed E-state index contributed by atoms with van der Waals surface area (Å²) in [6.45, 7) is 11.3. The maximum absolute atomic E-state index is 9.62. The number of hydrogen-bond acceptors (Lipinski definition) is 3. The molecule has 1 aromatic rings. The number of hydrogen-bond donors (Lipinski definition) is 2. The van der Waals surface area contributed by atoms with Crippen molar-refractivity contribution < 1.29 is 5.11 Å². The lowest BCUT2D eigenvalue weighted by Gasteiger charge is -2.31. The standard InChI is InChI=1S/C14H27N3O/c1-6-12-8-13(7-2)17(16-12)9-14(5,10-18)15-11(3)4/h8,11,15,18H,6-7,9-10H2,1-5H3. The number of aromatic nitrogens is 2. The maximum atomic E-state index is 9.62. The van der Waals surface area contributed by atoms with E-state index < -0.39 is 0 Å². The molecular weight excluding hydrogens is 226 g/mol. The normalized spacial score (nSPS) is 15.1. The second-order valence-corrected chi connectivity index (χ2v) is 5.51. The zero-order valence-corrected chi connectivity index (χ0v) is 12.3. The number of rotatable bonds is 7. The second kappa shape index (κ2) is 6.34. The van der Waals surface area contributed by atoms with Crippen molar-refractivity contribution in [1.82, 2.24) is 15.1 Å².